The van der Waals surface area contributed by atoms with Crippen molar-refractivity contribution in [3.8, 4) is 11.8 Å². The standard InChI is InChI=1S/C22H18Br2N2O4S/c1-29-8-4-7-26-21(27)19(31-22(26)28)11-14-9-17(23)20(18(24)10-14)30-13-16-6-3-2-5-15(16)12-25/h2-3,5-6,9-11H,4,7-8,13H2,1H3/b19-11+. The van der Waals surface area contributed by atoms with Crippen LogP contribution in [0, 0.1) is 11.3 Å². The van der Waals surface area contributed by atoms with Crippen LogP contribution in [-0.2, 0) is 16.1 Å². The molecule has 1 heterocycles. The maximum absolute atomic E-state index is 12.6. The molecule has 0 saturated carbocycles. The van der Waals surface area contributed by atoms with Crippen LogP contribution in [0.3, 0.4) is 0 Å². The minimum atomic E-state index is -0.299. The summed E-state index contributed by atoms with van der Waals surface area (Å²) < 4.78 is 12.3. The fourth-order valence-corrected chi connectivity index (χ4v) is 5.23. The molecular weight excluding hydrogens is 548 g/mol. The van der Waals surface area contributed by atoms with Gasteiger partial charge in [-0.05, 0) is 79.9 Å². The van der Waals surface area contributed by atoms with Crippen LogP contribution in [0.25, 0.3) is 6.08 Å². The number of carbonyl (C=O) groups excluding carboxylic acids is 2. The first-order valence-electron chi connectivity index (χ1n) is 9.28. The first-order valence-corrected chi connectivity index (χ1v) is 11.7. The van der Waals surface area contributed by atoms with Gasteiger partial charge in [0.15, 0.2) is 0 Å². The molecule has 160 valence electrons. The van der Waals surface area contributed by atoms with Crippen LogP contribution in [-0.4, -0.2) is 36.3 Å². The van der Waals surface area contributed by atoms with Crippen molar-refractivity contribution in [3.63, 3.8) is 0 Å². The van der Waals surface area contributed by atoms with Gasteiger partial charge < -0.3 is 9.47 Å². The lowest BCUT2D eigenvalue weighted by molar-refractivity contribution is -0.122. The lowest BCUT2D eigenvalue weighted by Gasteiger charge is -2.12. The van der Waals surface area contributed by atoms with Crippen molar-refractivity contribution >= 4 is 60.8 Å². The van der Waals surface area contributed by atoms with Gasteiger partial charge in [0, 0.05) is 25.8 Å². The number of rotatable bonds is 8. The maximum Gasteiger partial charge on any atom is 0.293 e. The summed E-state index contributed by atoms with van der Waals surface area (Å²) >= 11 is 7.94. The highest BCUT2D eigenvalue weighted by atomic mass is 79.9. The van der Waals surface area contributed by atoms with Gasteiger partial charge in [-0.25, -0.2) is 0 Å². The predicted molar refractivity (Wildman–Crippen MR) is 127 cm³/mol. The molecule has 1 saturated heterocycles. The van der Waals surface area contributed by atoms with E-state index in [1.165, 1.54) is 4.90 Å². The minimum absolute atomic E-state index is 0.237. The molecular formula is C22H18Br2N2O4S. The third-order valence-corrected chi connectivity index (χ3v) is 6.52. The van der Waals surface area contributed by atoms with E-state index < -0.39 is 0 Å². The molecule has 0 aromatic heterocycles. The van der Waals surface area contributed by atoms with Crippen molar-refractivity contribution in [3.05, 3.63) is 66.9 Å². The zero-order valence-corrected chi connectivity index (χ0v) is 20.5. The van der Waals surface area contributed by atoms with Gasteiger partial charge in [-0.15, -0.1) is 0 Å². The van der Waals surface area contributed by atoms with E-state index in [9.17, 15) is 14.9 Å². The Balaban J connectivity index is 1.75. The molecule has 3 rings (SSSR count). The molecule has 6 nitrogen and oxygen atoms in total. The maximum atomic E-state index is 12.6. The predicted octanol–water partition coefficient (Wildman–Crippen LogP) is 5.74. The molecule has 0 N–H and O–H groups in total. The average Bonchev–Trinajstić information content (AvgIpc) is 3.01. The Morgan fingerprint density at radius 1 is 1.19 bits per heavy atom. The largest absolute Gasteiger partial charge is 0.486 e. The molecule has 0 bridgehead atoms. The number of nitriles is 1. The Bertz CT molecular complexity index is 1060. The molecule has 0 unspecified atom stereocenters. The van der Waals surface area contributed by atoms with Gasteiger partial charge in [-0.1, -0.05) is 18.2 Å². The number of carbonyl (C=O) groups is 2. The molecule has 0 aliphatic carbocycles. The number of benzene rings is 2. The van der Waals surface area contributed by atoms with Crippen LogP contribution < -0.4 is 4.74 Å². The first-order chi connectivity index (χ1) is 14.9. The van der Waals surface area contributed by atoms with E-state index in [0.717, 1.165) is 22.9 Å². The first kappa shape index (κ1) is 23.5. The Hall–Kier alpha value is -2.12. The van der Waals surface area contributed by atoms with Crippen molar-refractivity contribution in [1.29, 1.82) is 5.26 Å². The molecule has 2 aromatic rings. The van der Waals surface area contributed by atoms with E-state index in [2.05, 4.69) is 37.9 Å². The van der Waals surface area contributed by atoms with Crippen LogP contribution in [0.5, 0.6) is 5.75 Å². The molecule has 31 heavy (non-hydrogen) atoms. The number of amides is 2. The van der Waals surface area contributed by atoms with Gasteiger partial charge in [0.25, 0.3) is 11.1 Å². The summed E-state index contributed by atoms with van der Waals surface area (Å²) in [6.07, 6.45) is 2.28. The number of halogens is 2. The highest BCUT2D eigenvalue weighted by molar-refractivity contribution is 9.11. The summed E-state index contributed by atoms with van der Waals surface area (Å²) in [4.78, 5) is 26.3. The van der Waals surface area contributed by atoms with Crippen LogP contribution in [0.2, 0.25) is 0 Å². The Labute approximate surface area is 201 Å². The summed E-state index contributed by atoms with van der Waals surface area (Å²) in [5.41, 5.74) is 2.09. The molecule has 9 heteroatoms. The molecule has 1 aliphatic rings. The summed E-state index contributed by atoms with van der Waals surface area (Å²) in [6, 6.07) is 13.0. The number of hydrogen-bond donors (Lipinski definition) is 0. The number of hydrogen-bond acceptors (Lipinski definition) is 6. The van der Waals surface area contributed by atoms with Crippen molar-refractivity contribution in [1.82, 2.24) is 4.90 Å². The third-order valence-electron chi connectivity index (χ3n) is 4.43. The van der Waals surface area contributed by atoms with Crippen LogP contribution in [0.15, 0.2) is 50.2 Å². The summed E-state index contributed by atoms with van der Waals surface area (Å²) in [7, 11) is 1.58. The smallest absolute Gasteiger partial charge is 0.293 e. The van der Waals surface area contributed by atoms with Crippen LogP contribution >= 0.6 is 43.6 Å². The fourth-order valence-electron chi connectivity index (χ4n) is 2.92. The average molecular weight is 566 g/mol. The van der Waals surface area contributed by atoms with E-state index in [4.69, 9.17) is 9.47 Å². The molecule has 1 aliphatic heterocycles. The Kier molecular flexibility index (Phi) is 8.32. The van der Waals surface area contributed by atoms with Gasteiger partial charge in [-0.2, -0.15) is 5.26 Å². The normalized spacial score (nSPS) is 14.9. The highest BCUT2D eigenvalue weighted by Crippen LogP contribution is 2.38. The SMILES string of the molecule is COCCCN1C(=O)S/C(=C/c2cc(Br)c(OCc3ccccc3C#N)c(Br)c2)C1=O. The molecule has 1 fully saturated rings. The topological polar surface area (TPSA) is 79.6 Å². The molecule has 0 spiro atoms. The summed E-state index contributed by atoms with van der Waals surface area (Å²) in [6.45, 7) is 1.06. The monoisotopic (exact) mass is 564 g/mol. The quantitative estimate of drug-likeness (QED) is 0.300. The van der Waals surface area contributed by atoms with Gasteiger partial charge in [-0.3, -0.25) is 14.5 Å². The van der Waals surface area contributed by atoms with Gasteiger partial charge in [0.05, 0.1) is 25.5 Å². The third kappa shape index (κ3) is 5.77. The number of imide groups is 1. The van der Waals surface area contributed by atoms with Crippen molar-refractivity contribution < 1.29 is 19.1 Å². The second-order valence-corrected chi connectivity index (χ2v) is 9.25. The van der Waals surface area contributed by atoms with Crippen LogP contribution in [0.4, 0.5) is 4.79 Å². The van der Waals surface area contributed by atoms with Gasteiger partial charge in [0.1, 0.15) is 12.4 Å². The van der Waals surface area contributed by atoms with Gasteiger partial charge in [0.2, 0.25) is 0 Å². The van der Waals surface area contributed by atoms with E-state index in [1.807, 2.05) is 30.3 Å². The van der Waals surface area contributed by atoms with Crippen molar-refractivity contribution in [2.24, 2.45) is 0 Å². The van der Waals surface area contributed by atoms with Crippen LogP contribution in [0.1, 0.15) is 23.1 Å². The number of methoxy groups -OCH3 is 1. The Morgan fingerprint density at radius 3 is 2.58 bits per heavy atom. The second kappa shape index (κ2) is 11.0. The zero-order valence-electron chi connectivity index (χ0n) is 16.6. The van der Waals surface area contributed by atoms with Crippen molar-refractivity contribution in [2.75, 3.05) is 20.3 Å². The molecule has 2 aromatic carbocycles. The zero-order chi connectivity index (χ0) is 22.4. The highest BCUT2D eigenvalue weighted by Gasteiger charge is 2.34. The summed E-state index contributed by atoms with van der Waals surface area (Å²) in [5.74, 6) is 0.282. The van der Waals surface area contributed by atoms with Gasteiger partial charge >= 0.3 is 0 Å². The molecule has 0 radical (unpaired) electrons. The fraction of sp³-hybridized carbons (Fsp3) is 0.227. The summed E-state index contributed by atoms with van der Waals surface area (Å²) in [5, 5.41) is 8.95. The van der Waals surface area contributed by atoms with Crippen molar-refractivity contribution in [2.45, 2.75) is 13.0 Å². The second-order valence-electron chi connectivity index (χ2n) is 6.55. The number of ether oxygens (including phenoxy) is 2. The minimum Gasteiger partial charge on any atom is -0.486 e. The van der Waals surface area contributed by atoms with E-state index in [-0.39, 0.29) is 17.8 Å². The Morgan fingerprint density at radius 2 is 1.90 bits per heavy atom. The molecule has 2 amide bonds. The number of thioether (sulfide) groups is 1. The molecule has 0 atom stereocenters. The number of nitrogens with zero attached hydrogens (tertiary/aromatic N) is 2. The van der Waals surface area contributed by atoms with E-state index in [0.29, 0.717) is 44.7 Å². The van der Waals surface area contributed by atoms with E-state index in [1.54, 1.807) is 19.3 Å². The lowest BCUT2D eigenvalue weighted by atomic mass is 10.1. The lowest BCUT2D eigenvalue weighted by Crippen LogP contribution is -2.29. The van der Waals surface area contributed by atoms with E-state index >= 15 is 0 Å².